The first-order valence-corrected chi connectivity index (χ1v) is 7.71. The van der Waals surface area contributed by atoms with E-state index in [1.807, 2.05) is 0 Å². The van der Waals surface area contributed by atoms with Crippen LogP contribution < -0.4 is 11.1 Å². The number of nitrogens with one attached hydrogen (secondary N) is 1. The summed E-state index contributed by atoms with van der Waals surface area (Å²) in [5.74, 6) is -0.867. The van der Waals surface area contributed by atoms with Crippen LogP contribution in [-0.2, 0) is 14.6 Å². The van der Waals surface area contributed by atoms with Crippen LogP contribution in [0.25, 0.3) is 0 Å². The molecule has 0 aromatic heterocycles. The van der Waals surface area contributed by atoms with Gasteiger partial charge in [0, 0.05) is 12.1 Å². The van der Waals surface area contributed by atoms with E-state index in [0.717, 1.165) is 12.8 Å². The Bertz CT molecular complexity index is 370. The van der Waals surface area contributed by atoms with E-state index in [9.17, 15) is 13.2 Å². The van der Waals surface area contributed by atoms with E-state index in [-0.39, 0.29) is 11.8 Å². The van der Waals surface area contributed by atoms with Crippen LogP contribution in [0.15, 0.2) is 0 Å². The fourth-order valence-electron chi connectivity index (χ4n) is 2.01. The molecule has 1 fully saturated rings. The highest BCUT2D eigenvalue weighted by atomic mass is 32.2. The van der Waals surface area contributed by atoms with Gasteiger partial charge in [-0.15, -0.1) is 0 Å². The molecule has 0 aromatic rings. The standard InChI is InChI=1S/C11H22N2O3S/c1-11(2,8-12)13-10(14)7-17(15,16)9-5-3-4-6-9/h9H,3-8,12H2,1-2H3,(H,13,14). The summed E-state index contributed by atoms with van der Waals surface area (Å²) < 4.78 is 23.9. The lowest BCUT2D eigenvalue weighted by Crippen LogP contribution is -2.51. The average molecular weight is 262 g/mol. The van der Waals surface area contributed by atoms with Crippen LogP contribution in [0, 0.1) is 0 Å². The number of rotatable bonds is 5. The molecule has 0 aliphatic heterocycles. The lowest BCUT2D eigenvalue weighted by atomic mass is 10.1. The van der Waals surface area contributed by atoms with Crippen LogP contribution >= 0.6 is 0 Å². The minimum absolute atomic E-state index is 0.280. The van der Waals surface area contributed by atoms with Crippen molar-refractivity contribution in [3.05, 3.63) is 0 Å². The van der Waals surface area contributed by atoms with Gasteiger partial charge < -0.3 is 11.1 Å². The molecular formula is C11H22N2O3S. The van der Waals surface area contributed by atoms with Crippen molar-refractivity contribution in [3.8, 4) is 0 Å². The van der Waals surface area contributed by atoms with Gasteiger partial charge in [-0.3, -0.25) is 4.79 Å². The topological polar surface area (TPSA) is 89.3 Å². The first-order valence-electron chi connectivity index (χ1n) is 5.99. The molecule has 6 heteroatoms. The zero-order valence-electron chi connectivity index (χ0n) is 10.5. The number of carbonyl (C=O) groups is 1. The molecule has 0 radical (unpaired) electrons. The van der Waals surface area contributed by atoms with Crippen LogP contribution in [-0.4, -0.2) is 37.4 Å². The van der Waals surface area contributed by atoms with E-state index >= 15 is 0 Å². The predicted molar refractivity (Wildman–Crippen MR) is 67.3 cm³/mol. The molecule has 100 valence electrons. The van der Waals surface area contributed by atoms with Gasteiger partial charge in [-0.1, -0.05) is 12.8 Å². The van der Waals surface area contributed by atoms with Crippen molar-refractivity contribution >= 4 is 15.7 Å². The SMILES string of the molecule is CC(C)(CN)NC(=O)CS(=O)(=O)C1CCCC1. The summed E-state index contributed by atoms with van der Waals surface area (Å²) in [4.78, 5) is 11.6. The second-order valence-electron chi connectivity index (χ2n) is 5.35. The minimum Gasteiger partial charge on any atom is -0.349 e. The minimum atomic E-state index is -3.29. The third-order valence-electron chi connectivity index (χ3n) is 3.13. The molecule has 0 saturated heterocycles. The van der Waals surface area contributed by atoms with Crippen LogP contribution in [0.4, 0.5) is 0 Å². The van der Waals surface area contributed by atoms with Gasteiger partial charge in [0.25, 0.3) is 0 Å². The lowest BCUT2D eigenvalue weighted by molar-refractivity contribution is -0.120. The molecule has 1 aliphatic rings. The highest BCUT2D eigenvalue weighted by Crippen LogP contribution is 2.25. The van der Waals surface area contributed by atoms with Crippen molar-refractivity contribution in [2.45, 2.75) is 50.3 Å². The Morgan fingerprint density at radius 3 is 2.35 bits per heavy atom. The van der Waals surface area contributed by atoms with Gasteiger partial charge in [-0.2, -0.15) is 0 Å². The summed E-state index contributed by atoms with van der Waals surface area (Å²) in [6.07, 6.45) is 3.27. The summed E-state index contributed by atoms with van der Waals surface area (Å²) in [7, 11) is -3.29. The molecule has 0 atom stereocenters. The summed E-state index contributed by atoms with van der Waals surface area (Å²) in [5.41, 5.74) is 4.92. The first kappa shape index (κ1) is 14.4. The Morgan fingerprint density at radius 2 is 1.88 bits per heavy atom. The highest BCUT2D eigenvalue weighted by molar-refractivity contribution is 7.92. The predicted octanol–water partition coefficient (Wildman–Crippen LogP) is 0.197. The van der Waals surface area contributed by atoms with Crippen molar-refractivity contribution in [1.29, 1.82) is 0 Å². The van der Waals surface area contributed by atoms with Crippen molar-refractivity contribution in [1.82, 2.24) is 5.32 Å². The summed E-state index contributed by atoms with van der Waals surface area (Å²) in [6, 6.07) is 0. The van der Waals surface area contributed by atoms with Crippen molar-refractivity contribution in [2.24, 2.45) is 5.73 Å². The molecule has 0 heterocycles. The molecule has 0 bridgehead atoms. The second kappa shape index (κ2) is 5.35. The smallest absolute Gasteiger partial charge is 0.235 e. The van der Waals surface area contributed by atoms with Crippen molar-refractivity contribution in [2.75, 3.05) is 12.3 Å². The molecule has 17 heavy (non-hydrogen) atoms. The fourth-order valence-corrected chi connectivity index (χ4v) is 3.74. The Kier molecular flexibility index (Phi) is 4.55. The van der Waals surface area contributed by atoms with Crippen LogP contribution in [0.2, 0.25) is 0 Å². The summed E-state index contributed by atoms with van der Waals surface area (Å²) in [6.45, 7) is 3.82. The molecular weight excluding hydrogens is 240 g/mol. The van der Waals surface area contributed by atoms with Gasteiger partial charge in [0.15, 0.2) is 9.84 Å². The second-order valence-corrected chi connectivity index (χ2v) is 7.63. The monoisotopic (exact) mass is 262 g/mol. The number of hydrogen-bond donors (Lipinski definition) is 2. The number of carbonyl (C=O) groups excluding carboxylic acids is 1. The third kappa shape index (κ3) is 4.27. The van der Waals surface area contributed by atoms with Crippen LogP contribution in [0.5, 0.6) is 0 Å². The molecule has 0 aromatic carbocycles. The maximum atomic E-state index is 11.9. The van der Waals surface area contributed by atoms with Gasteiger partial charge in [0.2, 0.25) is 5.91 Å². The zero-order chi connectivity index (χ0) is 13.1. The number of nitrogens with two attached hydrogens (primary N) is 1. The normalized spacial score (nSPS) is 18.3. The van der Waals surface area contributed by atoms with Gasteiger partial charge in [0.05, 0.1) is 5.25 Å². The Balaban J connectivity index is 2.56. The van der Waals surface area contributed by atoms with E-state index in [1.54, 1.807) is 13.8 Å². The van der Waals surface area contributed by atoms with Crippen molar-refractivity contribution in [3.63, 3.8) is 0 Å². The van der Waals surface area contributed by atoms with E-state index in [2.05, 4.69) is 5.32 Å². The molecule has 3 N–H and O–H groups in total. The zero-order valence-corrected chi connectivity index (χ0v) is 11.3. The quantitative estimate of drug-likeness (QED) is 0.740. The molecule has 1 saturated carbocycles. The summed E-state index contributed by atoms with van der Waals surface area (Å²) in [5, 5.41) is 2.32. The Hall–Kier alpha value is -0.620. The fraction of sp³-hybridized carbons (Fsp3) is 0.909. The largest absolute Gasteiger partial charge is 0.349 e. The van der Waals surface area contributed by atoms with Gasteiger partial charge in [0.1, 0.15) is 5.75 Å². The number of amides is 1. The maximum absolute atomic E-state index is 11.9. The van der Waals surface area contributed by atoms with Gasteiger partial charge >= 0.3 is 0 Å². The number of sulfone groups is 1. The third-order valence-corrected chi connectivity index (χ3v) is 5.28. The molecule has 0 unspecified atom stereocenters. The van der Waals surface area contributed by atoms with Crippen LogP contribution in [0.3, 0.4) is 0 Å². The molecule has 0 spiro atoms. The Morgan fingerprint density at radius 1 is 1.35 bits per heavy atom. The number of hydrogen-bond acceptors (Lipinski definition) is 4. The lowest BCUT2D eigenvalue weighted by Gasteiger charge is -2.24. The van der Waals surface area contributed by atoms with E-state index in [4.69, 9.17) is 5.73 Å². The Labute approximate surface area is 103 Å². The van der Waals surface area contributed by atoms with Crippen molar-refractivity contribution < 1.29 is 13.2 Å². The van der Waals surface area contributed by atoms with E-state index in [1.165, 1.54) is 0 Å². The van der Waals surface area contributed by atoms with E-state index in [0.29, 0.717) is 12.8 Å². The molecule has 1 rings (SSSR count). The highest BCUT2D eigenvalue weighted by Gasteiger charge is 2.31. The maximum Gasteiger partial charge on any atom is 0.235 e. The molecule has 1 aliphatic carbocycles. The molecule has 5 nitrogen and oxygen atoms in total. The molecule has 1 amide bonds. The first-order chi connectivity index (χ1) is 7.77. The van der Waals surface area contributed by atoms with Gasteiger partial charge in [-0.05, 0) is 26.7 Å². The average Bonchev–Trinajstić information content (AvgIpc) is 2.68. The van der Waals surface area contributed by atoms with E-state index < -0.39 is 27.0 Å². The summed E-state index contributed by atoms with van der Waals surface area (Å²) >= 11 is 0. The van der Waals surface area contributed by atoms with Gasteiger partial charge in [-0.25, -0.2) is 8.42 Å². The van der Waals surface area contributed by atoms with Crippen LogP contribution in [0.1, 0.15) is 39.5 Å².